The van der Waals surface area contributed by atoms with E-state index in [1.807, 2.05) is 13.8 Å². The predicted molar refractivity (Wildman–Crippen MR) is 37.4 cm³/mol. The summed E-state index contributed by atoms with van der Waals surface area (Å²) in [6, 6.07) is 0. The average Bonchev–Trinajstić information content (AvgIpc) is 2.19. The van der Waals surface area contributed by atoms with Gasteiger partial charge in [0.15, 0.2) is 6.23 Å². The smallest absolute Gasteiger partial charge is 0.295 e. The van der Waals surface area contributed by atoms with E-state index in [9.17, 15) is 9.59 Å². The summed E-state index contributed by atoms with van der Waals surface area (Å²) >= 11 is 0. The number of carbonyl (C=O) groups is 2. The minimum Gasteiger partial charge on any atom is -0.444 e. The second-order valence-electron chi connectivity index (χ2n) is 2.81. The van der Waals surface area contributed by atoms with Crippen LogP contribution in [0.5, 0.6) is 0 Å². The molecular formula is C7H11NO3. The van der Waals surface area contributed by atoms with Crippen LogP contribution in [-0.4, -0.2) is 18.6 Å². The Morgan fingerprint density at radius 2 is 2.18 bits per heavy atom. The molecule has 0 radical (unpaired) electrons. The van der Waals surface area contributed by atoms with E-state index >= 15 is 0 Å². The Balaban J connectivity index is 2.59. The first-order valence-electron chi connectivity index (χ1n) is 3.56. The van der Waals surface area contributed by atoms with Crippen molar-refractivity contribution in [3.8, 4) is 0 Å². The van der Waals surface area contributed by atoms with Crippen molar-refractivity contribution < 1.29 is 14.3 Å². The summed E-state index contributed by atoms with van der Waals surface area (Å²) in [4.78, 5) is 20.9. The first-order chi connectivity index (χ1) is 5.16. The van der Waals surface area contributed by atoms with E-state index in [2.05, 4.69) is 10.1 Å². The number of nitrogens with one attached hydrogen (secondary N) is 1. The summed E-state index contributed by atoms with van der Waals surface area (Å²) in [6.07, 6.45) is -0.435. The van der Waals surface area contributed by atoms with Gasteiger partial charge in [-0.25, -0.2) is 0 Å². The Morgan fingerprint density at radius 1 is 1.55 bits per heavy atom. The first kappa shape index (κ1) is 8.04. The molecule has 1 fully saturated rings. The van der Waals surface area contributed by atoms with Crippen LogP contribution in [0.15, 0.2) is 0 Å². The molecule has 1 saturated heterocycles. The number of amides is 1. The van der Waals surface area contributed by atoms with Crippen molar-refractivity contribution in [3.63, 3.8) is 0 Å². The highest BCUT2D eigenvalue weighted by Crippen LogP contribution is 2.22. The third-order valence-electron chi connectivity index (χ3n) is 2.17. The molecule has 4 nitrogen and oxygen atoms in total. The first-order valence-corrected chi connectivity index (χ1v) is 3.56. The zero-order chi connectivity index (χ0) is 8.43. The fourth-order valence-electron chi connectivity index (χ4n) is 1.12. The summed E-state index contributed by atoms with van der Waals surface area (Å²) in [7, 11) is 0. The zero-order valence-electron chi connectivity index (χ0n) is 6.53. The van der Waals surface area contributed by atoms with Crippen LogP contribution < -0.4 is 5.32 Å². The standard InChI is InChI=1S/C7H11NO3/c1-4-5(2)7(11-3-9)8-6(4)10/h3-5,7H,1-2H3,(H,8,10)/t4-,5+,7?/m0/s1. The van der Waals surface area contributed by atoms with Crippen LogP contribution in [0.1, 0.15) is 13.8 Å². The molecule has 4 heteroatoms. The van der Waals surface area contributed by atoms with Crippen LogP contribution in [0.4, 0.5) is 0 Å². The van der Waals surface area contributed by atoms with Gasteiger partial charge in [-0.1, -0.05) is 13.8 Å². The fraction of sp³-hybridized carbons (Fsp3) is 0.714. The van der Waals surface area contributed by atoms with Crippen molar-refractivity contribution in [2.24, 2.45) is 11.8 Å². The van der Waals surface area contributed by atoms with Crippen molar-refractivity contribution in [1.29, 1.82) is 0 Å². The monoisotopic (exact) mass is 157 g/mol. The maximum atomic E-state index is 11.0. The maximum Gasteiger partial charge on any atom is 0.295 e. The number of rotatable bonds is 2. The highest BCUT2D eigenvalue weighted by Gasteiger charge is 2.37. The van der Waals surface area contributed by atoms with E-state index in [1.54, 1.807) is 0 Å². The molecular weight excluding hydrogens is 146 g/mol. The van der Waals surface area contributed by atoms with E-state index < -0.39 is 6.23 Å². The van der Waals surface area contributed by atoms with Crippen molar-refractivity contribution in [3.05, 3.63) is 0 Å². The van der Waals surface area contributed by atoms with Crippen molar-refractivity contribution >= 4 is 12.4 Å². The molecule has 0 aromatic rings. The number of hydrogen-bond acceptors (Lipinski definition) is 3. The van der Waals surface area contributed by atoms with Gasteiger partial charge in [0, 0.05) is 11.8 Å². The van der Waals surface area contributed by atoms with Crippen LogP contribution >= 0.6 is 0 Å². The molecule has 1 heterocycles. The molecule has 0 aromatic carbocycles. The largest absolute Gasteiger partial charge is 0.444 e. The second kappa shape index (κ2) is 2.90. The Labute approximate surface area is 64.9 Å². The topological polar surface area (TPSA) is 55.4 Å². The van der Waals surface area contributed by atoms with Gasteiger partial charge in [-0.2, -0.15) is 0 Å². The van der Waals surface area contributed by atoms with E-state index in [-0.39, 0.29) is 17.7 Å². The third-order valence-corrected chi connectivity index (χ3v) is 2.17. The van der Waals surface area contributed by atoms with Crippen LogP contribution in [0.25, 0.3) is 0 Å². The molecule has 0 saturated carbocycles. The van der Waals surface area contributed by atoms with Crippen molar-refractivity contribution in [1.82, 2.24) is 5.32 Å². The van der Waals surface area contributed by atoms with Gasteiger partial charge in [0.2, 0.25) is 5.91 Å². The lowest BCUT2D eigenvalue weighted by atomic mass is 9.99. The van der Waals surface area contributed by atoms with Crippen LogP contribution in [0.2, 0.25) is 0 Å². The third kappa shape index (κ3) is 1.34. The van der Waals surface area contributed by atoms with Gasteiger partial charge in [0.05, 0.1) is 0 Å². The normalized spacial score (nSPS) is 36.5. The lowest BCUT2D eigenvalue weighted by Gasteiger charge is -2.13. The summed E-state index contributed by atoms with van der Waals surface area (Å²) in [5.74, 6) is -0.0583. The van der Waals surface area contributed by atoms with Crippen molar-refractivity contribution in [2.75, 3.05) is 0 Å². The van der Waals surface area contributed by atoms with Gasteiger partial charge < -0.3 is 10.1 Å². The lowest BCUT2D eigenvalue weighted by Crippen LogP contribution is -2.30. The average molecular weight is 157 g/mol. The summed E-state index contributed by atoms with van der Waals surface area (Å²) in [5.41, 5.74) is 0. The minimum absolute atomic E-state index is 0.0515. The molecule has 1 unspecified atom stereocenters. The Morgan fingerprint density at radius 3 is 2.55 bits per heavy atom. The van der Waals surface area contributed by atoms with Gasteiger partial charge in [-0.3, -0.25) is 9.59 Å². The molecule has 0 bridgehead atoms. The minimum atomic E-state index is -0.435. The van der Waals surface area contributed by atoms with Crippen LogP contribution in [0.3, 0.4) is 0 Å². The lowest BCUT2D eigenvalue weighted by molar-refractivity contribution is -0.136. The Hall–Kier alpha value is -1.06. The quantitative estimate of drug-likeness (QED) is 0.569. The summed E-state index contributed by atoms with van der Waals surface area (Å²) in [6.45, 7) is 4.05. The van der Waals surface area contributed by atoms with Gasteiger partial charge in [-0.15, -0.1) is 0 Å². The van der Waals surface area contributed by atoms with Crippen LogP contribution in [-0.2, 0) is 14.3 Å². The molecule has 1 rings (SSSR count). The molecule has 1 N–H and O–H groups in total. The molecule has 1 aliphatic rings. The zero-order valence-corrected chi connectivity index (χ0v) is 6.53. The van der Waals surface area contributed by atoms with Gasteiger partial charge >= 0.3 is 0 Å². The van der Waals surface area contributed by atoms with E-state index in [1.165, 1.54) is 0 Å². The molecule has 0 aliphatic carbocycles. The summed E-state index contributed by atoms with van der Waals surface area (Å²) < 4.78 is 4.64. The molecule has 3 atom stereocenters. The molecule has 1 aliphatic heterocycles. The molecule has 1 amide bonds. The Bertz CT molecular complexity index is 181. The van der Waals surface area contributed by atoms with Gasteiger partial charge in [0.1, 0.15) is 0 Å². The van der Waals surface area contributed by atoms with E-state index in [0.717, 1.165) is 0 Å². The molecule has 62 valence electrons. The predicted octanol–water partition coefficient (Wildman–Crippen LogP) is -0.113. The number of hydrogen-bond donors (Lipinski definition) is 1. The SMILES string of the molecule is C[C@@H]1C(=O)NC(OC=O)[C@@H]1C. The Kier molecular flexibility index (Phi) is 2.12. The fourth-order valence-corrected chi connectivity index (χ4v) is 1.12. The van der Waals surface area contributed by atoms with E-state index in [0.29, 0.717) is 6.47 Å². The van der Waals surface area contributed by atoms with Crippen molar-refractivity contribution in [2.45, 2.75) is 20.1 Å². The number of carbonyl (C=O) groups excluding carboxylic acids is 2. The highest BCUT2D eigenvalue weighted by atomic mass is 16.5. The van der Waals surface area contributed by atoms with Gasteiger partial charge in [0.25, 0.3) is 6.47 Å². The molecule has 0 spiro atoms. The second-order valence-corrected chi connectivity index (χ2v) is 2.81. The van der Waals surface area contributed by atoms with Crippen LogP contribution in [0, 0.1) is 11.8 Å². The van der Waals surface area contributed by atoms with E-state index in [4.69, 9.17) is 0 Å². The van der Waals surface area contributed by atoms with Gasteiger partial charge in [-0.05, 0) is 0 Å². The highest BCUT2D eigenvalue weighted by molar-refractivity contribution is 5.81. The summed E-state index contributed by atoms with van der Waals surface area (Å²) in [5, 5.41) is 2.56. The molecule has 0 aromatic heterocycles. The maximum absolute atomic E-state index is 11.0. The molecule has 11 heavy (non-hydrogen) atoms. The number of ether oxygens (including phenoxy) is 1.